The zero-order valence-corrected chi connectivity index (χ0v) is 12.9. The molecule has 1 heterocycles. The number of aryl methyl sites for hydroxylation is 3. The summed E-state index contributed by atoms with van der Waals surface area (Å²) in [5.74, 6) is 1.58. The minimum absolute atomic E-state index is 0.560. The molecule has 1 fully saturated rings. The fourth-order valence-corrected chi connectivity index (χ4v) is 2.44. The number of hydrogen-bond donors (Lipinski definition) is 2. The number of para-hydroxylation sites is 1. The maximum atomic E-state index is 4.59. The second-order valence-corrected chi connectivity index (χ2v) is 5.72. The van der Waals surface area contributed by atoms with Crippen molar-refractivity contribution in [1.29, 1.82) is 0 Å². The molecule has 0 bridgehead atoms. The first-order valence-corrected chi connectivity index (χ1v) is 7.63. The van der Waals surface area contributed by atoms with Crippen LogP contribution in [0, 0.1) is 13.8 Å². The van der Waals surface area contributed by atoms with Gasteiger partial charge >= 0.3 is 0 Å². The van der Waals surface area contributed by atoms with Crippen LogP contribution in [0.2, 0.25) is 0 Å². The van der Waals surface area contributed by atoms with Crippen molar-refractivity contribution in [3.8, 4) is 0 Å². The summed E-state index contributed by atoms with van der Waals surface area (Å²) in [7, 11) is 0. The first kappa shape index (κ1) is 13.9. The molecule has 1 aromatic heterocycles. The lowest BCUT2D eigenvalue weighted by Crippen LogP contribution is -2.08. The van der Waals surface area contributed by atoms with Gasteiger partial charge in [-0.25, -0.2) is 4.98 Å². The minimum Gasteiger partial charge on any atom is -0.351 e. The molecule has 1 aliphatic rings. The highest BCUT2D eigenvalue weighted by molar-refractivity contribution is 5.65. The lowest BCUT2D eigenvalue weighted by Gasteiger charge is -2.14. The Bertz CT molecular complexity index is 647. The van der Waals surface area contributed by atoms with Crippen LogP contribution in [0.5, 0.6) is 0 Å². The first-order valence-electron chi connectivity index (χ1n) is 7.63. The van der Waals surface area contributed by atoms with Gasteiger partial charge in [-0.3, -0.25) is 0 Å². The van der Waals surface area contributed by atoms with E-state index in [1.807, 2.05) is 13.0 Å². The second kappa shape index (κ2) is 5.72. The van der Waals surface area contributed by atoms with Crippen LogP contribution < -0.4 is 10.6 Å². The van der Waals surface area contributed by atoms with Crippen LogP contribution in [0.25, 0.3) is 0 Å². The molecule has 0 aliphatic heterocycles. The summed E-state index contributed by atoms with van der Waals surface area (Å²) in [4.78, 5) is 9.05. The second-order valence-electron chi connectivity index (χ2n) is 5.72. The van der Waals surface area contributed by atoms with E-state index in [0.29, 0.717) is 6.04 Å². The molecule has 0 amide bonds. The Balaban J connectivity index is 1.88. The largest absolute Gasteiger partial charge is 0.351 e. The third-order valence-corrected chi connectivity index (χ3v) is 3.76. The van der Waals surface area contributed by atoms with E-state index in [1.54, 1.807) is 0 Å². The normalized spacial score (nSPS) is 14.0. The molecule has 1 aliphatic carbocycles. The van der Waals surface area contributed by atoms with Crippen molar-refractivity contribution in [3.63, 3.8) is 0 Å². The average molecular weight is 282 g/mol. The fraction of sp³-hybridized carbons (Fsp3) is 0.412. The van der Waals surface area contributed by atoms with Crippen LogP contribution in [0.3, 0.4) is 0 Å². The molecule has 2 N–H and O–H groups in total. The van der Waals surface area contributed by atoms with Gasteiger partial charge in [-0.15, -0.1) is 0 Å². The molecule has 0 unspecified atom stereocenters. The third-order valence-electron chi connectivity index (χ3n) is 3.76. The van der Waals surface area contributed by atoms with Gasteiger partial charge in [0, 0.05) is 23.5 Å². The van der Waals surface area contributed by atoms with Gasteiger partial charge in [0.15, 0.2) is 0 Å². The standard InChI is InChI=1S/C17H22N4/c1-4-13-7-5-6-11(2)16(13)20-15-10-12(3)18-17(21-15)19-14-8-9-14/h5-7,10,14H,4,8-9H2,1-3H3,(H2,18,19,20,21). The van der Waals surface area contributed by atoms with Crippen LogP contribution >= 0.6 is 0 Å². The monoisotopic (exact) mass is 282 g/mol. The molecule has 1 aromatic carbocycles. The first-order chi connectivity index (χ1) is 10.2. The molecule has 3 rings (SSSR count). The predicted octanol–water partition coefficient (Wildman–Crippen LogP) is 3.97. The summed E-state index contributed by atoms with van der Waals surface area (Å²) in [6.45, 7) is 6.30. The van der Waals surface area contributed by atoms with Gasteiger partial charge in [0.1, 0.15) is 5.82 Å². The van der Waals surface area contributed by atoms with E-state index in [1.165, 1.54) is 24.0 Å². The molecule has 0 atom stereocenters. The zero-order chi connectivity index (χ0) is 14.8. The Morgan fingerprint density at radius 1 is 1.19 bits per heavy atom. The molecule has 1 saturated carbocycles. The third kappa shape index (κ3) is 3.32. The van der Waals surface area contributed by atoms with Crippen molar-refractivity contribution in [2.24, 2.45) is 0 Å². The Morgan fingerprint density at radius 3 is 2.71 bits per heavy atom. The van der Waals surface area contributed by atoms with Crippen molar-refractivity contribution < 1.29 is 0 Å². The van der Waals surface area contributed by atoms with E-state index in [-0.39, 0.29) is 0 Å². The minimum atomic E-state index is 0.560. The van der Waals surface area contributed by atoms with Crippen LogP contribution in [-0.4, -0.2) is 16.0 Å². The van der Waals surface area contributed by atoms with E-state index < -0.39 is 0 Å². The SMILES string of the molecule is CCc1cccc(C)c1Nc1cc(C)nc(NC2CC2)n1. The Labute approximate surface area is 126 Å². The van der Waals surface area contributed by atoms with E-state index in [4.69, 9.17) is 0 Å². The molecular weight excluding hydrogens is 260 g/mol. The smallest absolute Gasteiger partial charge is 0.225 e. The van der Waals surface area contributed by atoms with Gasteiger partial charge < -0.3 is 10.6 Å². The van der Waals surface area contributed by atoms with Crippen LogP contribution in [0.4, 0.5) is 17.5 Å². The van der Waals surface area contributed by atoms with Crippen molar-refractivity contribution >= 4 is 17.5 Å². The predicted molar refractivity (Wildman–Crippen MR) is 87.3 cm³/mol. The summed E-state index contributed by atoms with van der Waals surface area (Å²) >= 11 is 0. The highest BCUT2D eigenvalue weighted by atomic mass is 15.2. The maximum Gasteiger partial charge on any atom is 0.225 e. The molecule has 0 radical (unpaired) electrons. The van der Waals surface area contributed by atoms with E-state index in [2.05, 4.69) is 52.6 Å². The number of aromatic nitrogens is 2. The lowest BCUT2D eigenvalue weighted by atomic mass is 10.1. The molecule has 4 nitrogen and oxygen atoms in total. The van der Waals surface area contributed by atoms with Crippen molar-refractivity contribution in [1.82, 2.24) is 9.97 Å². The van der Waals surface area contributed by atoms with Gasteiger partial charge in [-0.2, -0.15) is 4.98 Å². The molecule has 2 aromatic rings. The Hall–Kier alpha value is -2.10. The summed E-state index contributed by atoms with van der Waals surface area (Å²) in [6.07, 6.45) is 3.44. The molecule has 0 saturated heterocycles. The summed E-state index contributed by atoms with van der Waals surface area (Å²) < 4.78 is 0. The molecule has 110 valence electrons. The molecule has 4 heteroatoms. The number of rotatable bonds is 5. The van der Waals surface area contributed by atoms with Crippen LogP contribution in [-0.2, 0) is 6.42 Å². The average Bonchev–Trinajstić information content (AvgIpc) is 3.24. The van der Waals surface area contributed by atoms with Gasteiger partial charge in [0.05, 0.1) is 0 Å². The summed E-state index contributed by atoms with van der Waals surface area (Å²) in [6, 6.07) is 8.93. The van der Waals surface area contributed by atoms with Gasteiger partial charge in [0.2, 0.25) is 5.95 Å². The summed E-state index contributed by atoms with van der Waals surface area (Å²) in [5.41, 5.74) is 4.68. The van der Waals surface area contributed by atoms with Crippen LogP contribution in [0.15, 0.2) is 24.3 Å². The molecule has 0 spiro atoms. The topological polar surface area (TPSA) is 49.8 Å². The Kier molecular flexibility index (Phi) is 3.78. The fourth-order valence-electron chi connectivity index (χ4n) is 2.44. The van der Waals surface area contributed by atoms with Crippen molar-refractivity contribution in [2.45, 2.75) is 46.1 Å². The Morgan fingerprint density at radius 2 is 2.00 bits per heavy atom. The van der Waals surface area contributed by atoms with Crippen LogP contribution in [0.1, 0.15) is 36.6 Å². The highest BCUT2D eigenvalue weighted by Crippen LogP contribution is 2.27. The van der Waals surface area contributed by atoms with Crippen molar-refractivity contribution in [2.75, 3.05) is 10.6 Å². The van der Waals surface area contributed by atoms with E-state index >= 15 is 0 Å². The number of nitrogens with one attached hydrogen (secondary N) is 2. The van der Waals surface area contributed by atoms with Gasteiger partial charge in [0.25, 0.3) is 0 Å². The highest BCUT2D eigenvalue weighted by Gasteiger charge is 2.22. The number of anilines is 3. The van der Waals surface area contributed by atoms with Gasteiger partial charge in [-0.05, 0) is 44.2 Å². The molecule has 21 heavy (non-hydrogen) atoms. The zero-order valence-electron chi connectivity index (χ0n) is 12.9. The van der Waals surface area contributed by atoms with E-state index in [0.717, 1.165) is 29.6 Å². The van der Waals surface area contributed by atoms with Crippen molar-refractivity contribution in [3.05, 3.63) is 41.1 Å². The number of benzene rings is 1. The lowest BCUT2D eigenvalue weighted by molar-refractivity contribution is 1.03. The summed E-state index contributed by atoms with van der Waals surface area (Å²) in [5, 5.41) is 6.84. The van der Waals surface area contributed by atoms with Gasteiger partial charge in [-0.1, -0.05) is 25.1 Å². The van der Waals surface area contributed by atoms with E-state index in [9.17, 15) is 0 Å². The quantitative estimate of drug-likeness (QED) is 0.871. The number of hydrogen-bond acceptors (Lipinski definition) is 4. The molecular formula is C17H22N4. The number of nitrogens with zero attached hydrogens (tertiary/aromatic N) is 2. The maximum absolute atomic E-state index is 4.59.